The third-order valence-electron chi connectivity index (χ3n) is 4.45. The third-order valence-corrected chi connectivity index (χ3v) is 4.45. The molecule has 0 radical (unpaired) electrons. The molecular formula is C18H14N4O2. The van der Waals surface area contributed by atoms with Gasteiger partial charge in [0.1, 0.15) is 0 Å². The van der Waals surface area contributed by atoms with Crippen molar-refractivity contribution in [2.45, 2.75) is 25.7 Å². The van der Waals surface area contributed by atoms with Crippen molar-refractivity contribution in [1.82, 2.24) is 20.2 Å². The molecule has 1 aromatic carbocycles. The van der Waals surface area contributed by atoms with E-state index >= 15 is 0 Å². The lowest BCUT2D eigenvalue weighted by Crippen LogP contribution is -2.11. The first-order valence-corrected chi connectivity index (χ1v) is 7.81. The quantitative estimate of drug-likeness (QED) is 0.671. The number of aryl methyl sites for hydroxylation is 4. The molecule has 24 heavy (non-hydrogen) atoms. The zero-order chi connectivity index (χ0) is 16.5. The van der Waals surface area contributed by atoms with Crippen LogP contribution in [0, 0.1) is 0 Å². The van der Waals surface area contributed by atoms with Crippen LogP contribution in [-0.2, 0) is 25.7 Å². The predicted octanol–water partition coefficient (Wildman–Crippen LogP) is 1.93. The number of nitrogens with zero attached hydrogens (tertiary/aromatic N) is 4. The van der Waals surface area contributed by atoms with E-state index < -0.39 is 0 Å². The van der Waals surface area contributed by atoms with Crippen LogP contribution in [0.5, 0.6) is 0 Å². The van der Waals surface area contributed by atoms with Gasteiger partial charge in [-0.3, -0.25) is 9.59 Å². The van der Waals surface area contributed by atoms with Gasteiger partial charge in [-0.2, -0.15) is 10.2 Å². The average Bonchev–Trinajstić information content (AvgIpc) is 2.62. The summed E-state index contributed by atoms with van der Waals surface area (Å²) in [5, 5.41) is 7.92. The minimum Gasteiger partial charge on any atom is -0.298 e. The van der Waals surface area contributed by atoms with Gasteiger partial charge in [0.2, 0.25) is 0 Å². The van der Waals surface area contributed by atoms with Gasteiger partial charge in [-0.05, 0) is 48.9 Å². The van der Waals surface area contributed by atoms with Gasteiger partial charge in [0.25, 0.3) is 0 Å². The second-order valence-corrected chi connectivity index (χ2v) is 5.86. The standard InChI is InChI=1S/C18H14N4O2/c23-9-13-5-17-18(6-14(13)10-24)22-16-4-2-12-8-20-19-7-11(12)1-3-15(16)21-17/h5-10H,1-4H2. The summed E-state index contributed by atoms with van der Waals surface area (Å²) in [5.41, 5.74) is 6.27. The van der Waals surface area contributed by atoms with E-state index in [1.807, 2.05) is 12.4 Å². The molecule has 118 valence electrons. The highest BCUT2D eigenvalue weighted by Gasteiger charge is 2.16. The van der Waals surface area contributed by atoms with E-state index in [-0.39, 0.29) is 0 Å². The second-order valence-electron chi connectivity index (χ2n) is 5.86. The number of hydrogen-bond acceptors (Lipinski definition) is 6. The molecular weight excluding hydrogens is 304 g/mol. The van der Waals surface area contributed by atoms with E-state index in [1.165, 1.54) is 11.1 Å². The molecule has 2 aromatic heterocycles. The fourth-order valence-corrected chi connectivity index (χ4v) is 3.14. The second kappa shape index (κ2) is 5.88. The van der Waals surface area contributed by atoms with Crippen LogP contribution < -0.4 is 0 Å². The van der Waals surface area contributed by atoms with E-state index in [9.17, 15) is 9.59 Å². The summed E-state index contributed by atoms with van der Waals surface area (Å²) in [6, 6.07) is 3.27. The van der Waals surface area contributed by atoms with Crippen molar-refractivity contribution in [1.29, 1.82) is 0 Å². The van der Waals surface area contributed by atoms with Crippen LogP contribution in [0.15, 0.2) is 24.5 Å². The van der Waals surface area contributed by atoms with E-state index in [0.717, 1.165) is 37.1 Å². The van der Waals surface area contributed by atoms with Crippen LogP contribution in [0.2, 0.25) is 0 Å². The van der Waals surface area contributed by atoms with Crippen LogP contribution in [0.1, 0.15) is 43.2 Å². The topological polar surface area (TPSA) is 85.7 Å². The molecule has 6 heteroatoms. The monoisotopic (exact) mass is 318 g/mol. The average molecular weight is 318 g/mol. The SMILES string of the molecule is O=Cc1cc2nc3c(nc2cc1C=O)CCc1cnncc1CC3. The van der Waals surface area contributed by atoms with Crippen LogP contribution in [-0.4, -0.2) is 32.7 Å². The van der Waals surface area contributed by atoms with E-state index in [2.05, 4.69) is 10.2 Å². The Balaban J connectivity index is 1.82. The molecule has 1 aliphatic rings. The smallest absolute Gasteiger partial charge is 0.150 e. The number of carbonyl (C=O) groups excluding carboxylic acids is 2. The zero-order valence-electron chi connectivity index (χ0n) is 12.9. The molecule has 0 atom stereocenters. The van der Waals surface area contributed by atoms with Gasteiger partial charge in [-0.15, -0.1) is 0 Å². The van der Waals surface area contributed by atoms with Crippen molar-refractivity contribution < 1.29 is 9.59 Å². The first-order chi connectivity index (χ1) is 11.8. The minimum absolute atomic E-state index is 0.346. The fourth-order valence-electron chi connectivity index (χ4n) is 3.14. The highest BCUT2D eigenvalue weighted by Crippen LogP contribution is 2.22. The van der Waals surface area contributed by atoms with Gasteiger partial charge in [0, 0.05) is 11.1 Å². The summed E-state index contributed by atoms with van der Waals surface area (Å²) in [5.74, 6) is 0. The van der Waals surface area contributed by atoms with Crippen molar-refractivity contribution in [3.8, 4) is 0 Å². The summed E-state index contributed by atoms with van der Waals surface area (Å²) in [7, 11) is 0. The molecule has 0 spiro atoms. The summed E-state index contributed by atoms with van der Waals surface area (Å²) in [6.07, 6.45) is 8.19. The Morgan fingerprint density at radius 1 is 0.708 bits per heavy atom. The molecule has 0 bridgehead atoms. The maximum atomic E-state index is 11.1. The molecule has 3 aromatic rings. The van der Waals surface area contributed by atoms with Crippen molar-refractivity contribution in [3.05, 3.63) is 58.2 Å². The summed E-state index contributed by atoms with van der Waals surface area (Å²) in [4.78, 5) is 31.7. The molecule has 4 rings (SSSR count). The molecule has 0 saturated carbocycles. The molecule has 0 N–H and O–H groups in total. The highest BCUT2D eigenvalue weighted by atomic mass is 16.1. The number of aromatic nitrogens is 4. The van der Waals surface area contributed by atoms with Crippen molar-refractivity contribution in [3.63, 3.8) is 0 Å². The molecule has 0 unspecified atom stereocenters. The lowest BCUT2D eigenvalue weighted by Gasteiger charge is -2.15. The Labute approximate surface area is 138 Å². The Morgan fingerprint density at radius 2 is 1.17 bits per heavy atom. The Hall–Kier alpha value is -3.02. The molecule has 0 amide bonds. The number of rotatable bonds is 2. The molecule has 0 saturated heterocycles. The largest absolute Gasteiger partial charge is 0.298 e. The first-order valence-electron chi connectivity index (χ1n) is 7.81. The summed E-state index contributed by atoms with van der Waals surface area (Å²) < 4.78 is 0. The van der Waals surface area contributed by atoms with Crippen molar-refractivity contribution in [2.75, 3.05) is 0 Å². The lowest BCUT2D eigenvalue weighted by molar-refractivity contribution is 0.109. The minimum atomic E-state index is 0.346. The number of benzene rings is 1. The number of hydrogen-bond donors (Lipinski definition) is 0. The van der Waals surface area contributed by atoms with Gasteiger partial charge >= 0.3 is 0 Å². The van der Waals surface area contributed by atoms with Gasteiger partial charge in [0.05, 0.1) is 34.8 Å². The Kier molecular flexibility index (Phi) is 3.57. The number of aldehydes is 2. The van der Waals surface area contributed by atoms with Gasteiger partial charge < -0.3 is 0 Å². The maximum absolute atomic E-state index is 11.1. The van der Waals surface area contributed by atoms with E-state index in [4.69, 9.17) is 9.97 Å². The lowest BCUT2D eigenvalue weighted by atomic mass is 9.95. The van der Waals surface area contributed by atoms with Crippen LogP contribution in [0.3, 0.4) is 0 Å². The van der Waals surface area contributed by atoms with Gasteiger partial charge in [0.15, 0.2) is 12.6 Å². The number of carbonyl (C=O) groups is 2. The predicted molar refractivity (Wildman–Crippen MR) is 87.2 cm³/mol. The maximum Gasteiger partial charge on any atom is 0.150 e. The third kappa shape index (κ3) is 2.46. The summed E-state index contributed by atoms with van der Waals surface area (Å²) in [6.45, 7) is 0. The van der Waals surface area contributed by atoms with Crippen LogP contribution >= 0.6 is 0 Å². The van der Waals surface area contributed by atoms with Gasteiger partial charge in [-0.1, -0.05) is 0 Å². The highest BCUT2D eigenvalue weighted by molar-refractivity contribution is 5.96. The molecule has 2 heterocycles. The Bertz CT molecular complexity index is 891. The molecule has 1 aliphatic carbocycles. The fraction of sp³-hybridized carbons (Fsp3) is 0.222. The van der Waals surface area contributed by atoms with Crippen LogP contribution in [0.25, 0.3) is 11.0 Å². The molecule has 0 fully saturated rings. The molecule has 6 nitrogen and oxygen atoms in total. The van der Waals surface area contributed by atoms with Crippen LogP contribution in [0.4, 0.5) is 0 Å². The van der Waals surface area contributed by atoms with E-state index in [1.54, 1.807) is 12.1 Å². The normalized spacial score (nSPS) is 13.5. The van der Waals surface area contributed by atoms with Crippen molar-refractivity contribution in [2.24, 2.45) is 0 Å². The zero-order valence-corrected chi connectivity index (χ0v) is 12.9. The Morgan fingerprint density at radius 3 is 1.58 bits per heavy atom. The van der Waals surface area contributed by atoms with Gasteiger partial charge in [-0.25, -0.2) is 9.97 Å². The van der Waals surface area contributed by atoms with E-state index in [0.29, 0.717) is 34.7 Å². The summed E-state index contributed by atoms with van der Waals surface area (Å²) >= 11 is 0. The number of fused-ring (bicyclic) bond motifs is 3. The first kappa shape index (κ1) is 14.6. The van der Waals surface area contributed by atoms with Crippen molar-refractivity contribution >= 4 is 23.6 Å². The molecule has 0 aliphatic heterocycles.